The Balaban J connectivity index is 0.000000612. The summed E-state index contributed by atoms with van der Waals surface area (Å²) >= 11 is 0. The number of carbonyl (C=O) groups excluding carboxylic acids is 2. The van der Waals surface area contributed by atoms with E-state index >= 15 is 0 Å². The van der Waals surface area contributed by atoms with Crippen LogP contribution in [0.3, 0.4) is 0 Å². The number of nitrogens with zero attached hydrogens (tertiary/aromatic N) is 1. The number of allylic oxidation sites excluding steroid dienone is 1. The maximum absolute atomic E-state index is 12.7. The Labute approximate surface area is 260 Å². The first-order valence-electron chi connectivity index (χ1n) is 15.3. The molecule has 2 aliphatic carbocycles. The summed E-state index contributed by atoms with van der Waals surface area (Å²) in [4.78, 5) is 26.8. The second-order valence-corrected chi connectivity index (χ2v) is 11.5. The molecule has 0 radical (unpaired) electrons. The second kappa shape index (κ2) is 15.2. The van der Waals surface area contributed by atoms with Crippen molar-refractivity contribution >= 4 is 17.4 Å². The molecule has 5 nitrogen and oxygen atoms in total. The van der Waals surface area contributed by atoms with Gasteiger partial charge in [0.1, 0.15) is 11.5 Å². The van der Waals surface area contributed by atoms with Crippen LogP contribution in [0.25, 0.3) is 5.57 Å². The fourth-order valence-corrected chi connectivity index (χ4v) is 6.51. The van der Waals surface area contributed by atoms with Gasteiger partial charge in [-0.1, -0.05) is 86.9 Å². The van der Waals surface area contributed by atoms with E-state index < -0.39 is 0 Å². The molecule has 2 N–H and O–H groups in total. The average Bonchev–Trinajstić information content (AvgIpc) is 3.78. The number of phenols is 2. The van der Waals surface area contributed by atoms with Crippen molar-refractivity contribution in [2.45, 2.75) is 77.0 Å². The van der Waals surface area contributed by atoms with Crippen LogP contribution in [0.1, 0.15) is 109 Å². The fourth-order valence-electron chi connectivity index (χ4n) is 6.51. The summed E-state index contributed by atoms with van der Waals surface area (Å²) in [5.41, 5.74) is 5.61. The topological polar surface area (TPSA) is 77.8 Å². The molecule has 3 aromatic carbocycles. The molecular weight excluding hydrogens is 566 g/mol. The van der Waals surface area contributed by atoms with Crippen LogP contribution in [-0.4, -0.2) is 33.5 Å². The van der Waals surface area contributed by atoms with Crippen molar-refractivity contribution in [3.63, 3.8) is 0 Å². The summed E-state index contributed by atoms with van der Waals surface area (Å²) in [6.45, 7) is 0.415. The van der Waals surface area contributed by atoms with Gasteiger partial charge in [-0.25, -0.2) is 0 Å². The van der Waals surface area contributed by atoms with Crippen molar-refractivity contribution in [1.82, 2.24) is 4.90 Å². The van der Waals surface area contributed by atoms with Gasteiger partial charge >= 0.3 is 0 Å². The molecule has 2 saturated carbocycles. The Morgan fingerprint density at radius 1 is 0.643 bits per heavy atom. The minimum atomic E-state index is -0.198. The number of aromatic hydroxyl groups is 2. The molecule has 1 aliphatic heterocycles. The van der Waals surface area contributed by atoms with Gasteiger partial charge in [-0.05, 0) is 91.1 Å². The molecule has 0 unspecified atom stereocenters. The van der Waals surface area contributed by atoms with E-state index in [1.165, 1.54) is 55.4 Å². The average molecular weight is 608 g/mol. The Morgan fingerprint density at radius 2 is 1.10 bits per heavy atom. The maximum atomic E-state index is 12.7. The van der Waals surface area contributed by atoms with E-state index in [1.54, 1.807) is 48.5 Å². The predicted octanol–water partition coefficient (Wildman–Crippen LogP) is 8.50. The van der Waals surface area contributed by atoms with Gasteiger partial charge < -0.3 is 10.2 Å². The Kier molecular flexibility index (Phi) is 11.5. The zero-order valence-electron chi connectivity index (χ0n) is 24.2. The quantitative estimate of drug-likeness (QED) is 0.153. The van der Waals surface area contributed by atoms with Crippen LogP contribution in [0, 0.1) is 5.92 Å². The summed E-state index contributed by atoms with van der Waals surface area (Å²) in [6, 6.07) is 21.7. The van der Waals surface area contributed by atoms with Crippen LogP contribution >= 0.6 is 0 Å². The third-order valence-electron chi connectivity index (χ3n) is 8.69. The molecule has 222 valence electrons. The molecule has 2 amide bonds. The van der Waals surface area contributed by atoms with E-state index in [4.69, 9.17) is 0 Å². The molecule has 6 heteroatoms. The van der Waals surface area contributed by atoms with Crippen LogP contribution in [0.5, 0.6) is 11.5 Å². The van der Waals surface area contributed by atoms with Crippen molar-refractivity contribution in [3.8, 4) is 11.5 Å². The van der Waals surface area contributed by atoms with Crippen LogP contribution < -0.4 is 0 Å². The summed E-state index contributed by atoms with van der Waals surface area (Å²) in [7, 11) is 0. The van der Waals surface area contributed by atoms with E-state index in [9.17, 15) is 19.8 Å². The van der Waals surface area contributed by atoms with Crippen LogP contribution in [0.4, 0.5) is 0 Å². The van der Waals surface area contributed by atoms with E-state index in [0.717, 1.165) is 48.8 Å². The zero-order valence-corrected chi connectivity index (χ0v) is 25.3. The molecule has 6 rings (SSSR count). The first-order chi connectivity index (χ1) is 20.0. The molecular formula is C36H41FeNO4. The number of unbranched alkanes of at least 4 members (excludes halogenated alkanes) is 1. The second-order valence-electron chi connectivity index (χ2n) is 11.5. The molecule has 0 spiro atoms. The Bertz CT molecular complexity index is 1280. The number of benzene rings is 3. The van der Waals surface area contributed by atoms with Crippen molar-refractivity contribution in [1.29, 1.82) is 0 Å². The number of carbonyl (C=O) groups is 2. The Hall–Kier alpha value is -3.34. The van der Waals surface area contributed by atoms with E-state index in [0.29, 0.717) is 23.6 Å². The SMILES string of the molecule is C1CCCC1.O=C1c2ccccc2C(=O)N1CCCCC(=C(c1ccc(O)cc1)c1ccc(O)cc1)C1CCCC1.[Fe]. The third-order valence-corrected chi connectivity index (χ3v) is 8.69. The zero-order chi connectivity index (χ0) is 28.6. The summed E-state index contributed by atoms with van der Waals surface area (Å²) in [5.74, 6) is 0.535. The molecule has 2 fully saturated rings. The fraction of sp³-hybridized carbons (Fsp3) is 0.389. The van der Waals surface area contributed by atoms with Crippen LogP contribution in [0.15, 0.2) is 78.4 Å². The molecule has 0 aromatic heterocycles. The molecule has 42 heavy (non-hydrogen) atoms. The van der Waals surface area contributed by atoms with Gasteiger partial charge in [0.2, 0.25) is 0 Å². The van der Waals surface area contributed by atoms with Gasteiger partial charge in [0.05, 0.1) is 11.1 Å². The number of imide groups is 1. The number of amides is 2. The number of hydrogen-bond donors (Lipinski definition) is 2. The number of rotatable bonds is 8. The van der Waals surface area contributed by atoms with Gasteiger partial charge in [0.25, 0.3) is 11.8 Å². The monoisotopic (exact) mass is 607 g/mol. The minimum Gasteiger partial charge on any atom is -0.508 e. The molecule has 0 saturated heterocycles. The molecule has 0 bridgehead atoms. The smallest absolute Gasteiger partial charge is 0.261 e. The van der Waals surface area contributed by atoms with Crippen molar-refractivity contribution in [2.75, 3.05) is 6.54 Å². The van der Waals surface area contributed by atoms with E-state index in [2.05, 4.69) is 0 Å². The van der Waals surface area contributed by atoms with Gasteiger partial charge in [0, 0.05) is 23.6 Å². The van der Waals surface area contributed by atoms with E-state index in [1.807, 2.05) is 24.3 Å². The van der Waals surface area contributed by atoms with Gasteiger partial charge in [0.15, 0.2) is 0 Å². The predicted molar refractivity (Wildman–Crippen MR) is 163 cm³/mol. The molecule has 3 aromatic rings. The first-order valence-corrected chi connectivity index (χ1v) is 15.3. The maximum Gasteiger partial charge on any atom is 0.261 e. The standard InChI is InChI=1S/C31H31NO4.C5H10.Fe/c33-24-16-12-22(13-17-24)29(23-14-18-25(34)19-15-23)26(21-7-1-2-8-21)9-5-6-20-32-30(35)27-10-3-4-11-28(27)31(32)36;1-2-4-5-3-1;/h3-4,10-19,21,33-34H,1-2,5-9,20H2;1-5H2;. The largest absolute Gasteiger partial charge is 0.508 e. The molecule has 0 atom stereocenters. The Morgan fingerprint density at radius 3 is 1.55 bits per heavy atom. The van der Waals surface area contributed by atoms with Crippen LogP contribution in [-0.2, 0) is 17.1 Å². The minimum absolute atomic E-state index is 0. The summed E-state index contributed by atoms with van der Waals surface area (Å²) < 4.78 is 0. The normalized spacial score (nSPS) is 16.0. The number of phenolic OH excluding ortho intramolecular Hbond substituents is 2. The van der Waals surface area contributed by atoms with Gasteiger partial charge in [-0.3, -0.25) is 14.5 Å². The first kappa shape index (κ1) is 31.6. The van der Waals surface area contributed by atoms with Crippen molar-refractivity contribution in [2.24, 2.45) is 5.92 Å². The third kappa shape index (κ3) is 7.53. The molecule has 1 heterocycles. The van der Waals surface area contributed by atoms with Crippen molar-refractivity contribution < 1.29 is 36.9 Å². The number of hydrogen-bond acceptors (Lipinski definition) is 4. The molecule has 3 aliphatic rings. The van der Waals surface area contributed by atoms with Crippen LogP contribution in [0.2, 0.25) is 0 Å². The number of fused-ring (bicyclic) bond motifs is 1. The van der Waals surface area contributed by atoms with Gasteiger partial charge in [-0.2, -0.15) is 0 Å². The van der Waals surface area contributed by atoms with E-state index in [-0.39, 0.29) is 40.4 Å². The van der Waals surface area contributed by atoms with Crippen molar-refractivity contribution in [3.05, 3.63) is 101 Å². The summed E-state index contributed by atoms with van der Waals surface area (Å²) in [5, 5.41) is 19.7. The van der Waals surface area contributed by atoms with Gasteiger partial charge in [-0.15, -0.1) is 0 Å². The summed E-state index contributed by atoms with van der Waals surface area (Å²) in [6.07, 6.45) is 14.7.